The lowest BCUT2D eigenvalue weighted by atomic mass is 10.1. The van der Waals surface area contributed by atoms with Crippen molar-refractivity contribution in [1.82, 2.24) is 5.32 Å². The summed E-state index contributed by atoms with van der Waals surface area (Å²) in [6, 6.07) is 4.81. The van der Waals surface area contributed by atoms with E-state index < -0.39 is 5.60 Å². The van der Waals surface area contributed by atoms with Crippen LogP contribution in [0.4, 0.5) is 4.39 Å². The highest BCUT2D eigenvalue weighted by Crippen LogP contribution is 2.15. The molecule has 90 valence electrons. The number of halogens is 2. The molecule has 1 aromatic rings. The molecule has 0 radical (unpaired) electrons. The van der Waals surface area contributed by atoms with Crippen LogP contribution in [0.3, 0.4) is 0 Å². The first-order chi connectivity index (χ1) is 7.44. The molecule has 0 aromatic heterocycles. The molecule has 0 heterocycles. The Kier molecular flexibility index (Phi) is 4.86. The van der Waals surface area contributed by atoms with Gasteiger partial charge in [0.2, 0.25) is 0 Å². The molecule has 0 amide bonds. The van der Waals surface area contributed by atoms with Gasteiger partial charge >= 0.3 is 0 Å². The lowest BCUT2D eigenvalue weighted by molar-refractivity contribution is 0.00249. The van der Waals surface area contributed by atoms with E-state index in [1.807, 2.05) is 0 Å². The third-order valence-electron chi connectivity index (χ3n) is 2.18. The Hall–Kier alpha value is -0.490. The molecule has 1 rings (SSSR count). The van der Waals surface area contributed by atoms with Gasteiger partial charge in [0.15, 0.2) is 0 Å². The third-order valence-corrected chi connectivity index (χ3v) is 2.67. The minimum Gasteiger partial charge on any atom is -0.393 e. The second-order valence-electron chi connectivity index (χ2n) is 3.99. The zero-order valence-corrected chi connectivity index (χ0v) is 10.6. The van der Waals surface area contributed by atoms with Crippen LogP contribution >= 0.6 is 15.9 Å². The SMILES string of the molecule is CC(O)(CO)CNCc1ccc(Br)cc1F. The maximum Gasteiger partial charge on any atom is 0.128 e. The number of rotatable bonds is 5. The molecule has 0 saturated carbocycles. The molecule has 1 aromatic carbocycles. The predicted molar refractivity (Wildman–Crippen MR) is 63.5 cm³/mol. The van der Waals surface area contributed by atoms with Gasteiger partial charge in [-0.3, -0.25) is 0 Å². The Morgan fingerprint density at radius 2 is 2.19 bits per heavy atom. The summed E-state index contributed by atoms with van der Waals surface area (Å²) < 4.78 is 14.1. The molecule has 0 bridgehead atoms. The molecule has 5 heteroatoms. The van der Waals surface area contributed by atoms with Crippen molar-refractivity contribution < 1.29 is 14.6 Å². The Labute approximate surface area is 102 Å². The highest BCUT2D eigenvalue weighted by Gasteiger charge is 2.18. The second kappa shape index (κ2) is 5.72. The predicted octanol–water partition coefficient (Wildman–Crippen LogP) is 1.42. The molecule has 3 nitrogen and oxygen atoms in total. The molecule has 0 spiro atoms. The Balaban J connectivity index is 2.49. The summed E-state index contributed by atoms with van der Waals surface area (Å²) in [5.74, 6) is -0.300. The van der Waals surface area contributed by atoms with Crippen LogP contribution in [0.2, 0.25) is 0 Å². The van der Waals surface area contributed by atoms with Crippen molar-refractivity contribution in [2.24, 2.45) is 0 Å². The Bertz CT molecular complexity index is 358. The molecule has 16 heavy (non-hydrogen) atoms. The molecule has 3 N–H and O–H groups in total. The van der Waals surface area contributed by atoms with E-state index in [9.17, 15) is 9.50 Å². The smallest absolute Gasteiger partial charge is 0.128 e. The van der Waals surface area contributed by atoms with Crippen molar-refractivity contribution in [3.05, 3.63) is 34.1 Å². The van der Waals surface area contributed by atoms with E-state index in [0.717, 1.165) is 0 Å². The van der Waals surface area contributed by atoms with Crippen molar-refractivity contribution in [3.8, 4) is 0 Å². The molecule has 0 aliphatic rings. The van der Waals surface area contributed by atoms with E-state index in [1.165, 1.54) is 13.0 Å². The van der Waals surface area contributed by atoms with Gasteiger partial charge in [0.05, 0.1) is 12.2 Å². The number of benzene rings is 1. The maximum absolute atomic E-state index is 13.4. The molecular weight excluding hydrogens is 277 g/mol. The summed E-state index contributed by atoms with van der Waals surface area (Å²) in [6.07, 6.45) is 0. The van der Waals surface area contributed by atoms with Crippen molar-refractivity contribution in [3.63, 3.8) is 0 Å². The van der Waals surface area contributed by atoms with E-state index in [0.29, 0.717) is 16.6 Å². The zero-order chi connectivity index (χ0) is 12.2. The van der Waals surface area contributed by atoms with Crippen LogP contribution in [0.25, 0.3) is 0 Å². The normalized spacial score (nSPS) is 14.8. The topological polar surface area (TPSA) is 52.5 Å². The van der Waals surface area contributed by atoms with Crippen LogP contribution < -0.4 is 5.32 Å². The average molecular weight is 292 g/mol. The van der Waals surface area contributed by atoms with Crippen LogP contribution in [-0.4, -0.2) is 29.0 Å². The number of aliphatic hydroxyl groups excluding tert-OH is 1. The fourth-order valence-corrected chi connectivity index (χ4v) is 1.52. The van der Waals surface area contributed by atoms with Crippen LogP contribution in [0.5, 0.6) is 0 Å². The van der Waals surface area contributed by atoms with Gasteiger partial charge in [0.1, 0.15) is 5.82 Å². The number of hydrogen-bond acceptors (Lipinski definition) is 3. The van der Waals surface area contributed by atoms with Gasteiger partial charge in [-0.25, -0.2) is 4.39 Å². The molecule has 0 fully saturated rings. The number of nitrogens with one attached hydrogen (secondary N) is 1. The zero-order valence-electron chi connectivity index (χ0n) is 9.00. The summed E-state index contributed by atoms with van der Waals surface area (Å²) in [4.78, 5) is 0. The first-order valence-electron chi connectivity index (χ1n) is 4.92. The Morgan fingerprint density at radius 3 is 2.75 bits per heavy atom. The minimum absolute atomic E-state index is 0.207. The summed E-state index contributed by atoms with van der Waals surface area (Å²) >= 11 is 3.17. The van der Waals surface area contributed by atoms with Crippen molar-refractivity contribution in [2.75, 3.05) is 13.2 Å². The summed E-state index contributed by atoms with van der Waals surface area (Å²) in [7, 11) is 0. The Morgan fingerprint density at radius 1 is 1.50 bits per heavy atom. The molecule has 0 aliphatic carbocycles. The fraction of sp³-hybridized carbons (Fsp3) is 0.455. The fourth-order valence-electron chi connectivity index (χ4n) is 1.19. The quantitative estimate of drug-likeness (QED) is 0.769. The van der Waals surface area contributed by atoms with Crippen LogP contribution in [0.15, 0.2) is 22.7 Å². The van der Waals surface area contributed by atoms with E-state index in [1.54, 1.807) is 12.1 Å². The van der Waals surface area contributed by atoms with Gasteiger partial charge in [-0.2, -0.15) is 0 Å². The number of hydrogen-bond donors (Lipinski definition) is 3. The summed E-state index contributed by atoms with van der Waals surface area (Å²) in [6.45, 7) is 1.70. The summed E-state index contributed by atoms with van der Waals surface area (Å²) in [5, 5.41) is 21.2. The standard InChI is InChI=1S/C11H15BrFNO2/c1-11(16,7-15)6-14-5-8-2-3-9(12)4-10(8)13/h2-4,14-16H,5-7H2,1H3. The van der Waals surface area contributed by atoms with E-state index in [-0.39, 0.29) is 19.0 Å². The molecule has 0 aliphatic heterocycles. The highest BCUT2D eigenvalue weighted by atomic mass is 79.9. The van der Waals surface area contributed by atoms with Crippen molar-refractivity contribution >= 4 is 15.9 Å². The first-order valence-corrected chi connectivity index (χ1v) is 5.72. The van der Waals surface area contributed by atoms with Gasteiger partial charge in [-0.15, -0.1) is 0 Å². The molecule has 0 saturated heterocycles. The maximum atomic E-state index is 13.4. The van der Waals surface area contributed by atoms with Crippen LogP contribution in [0.1, 0.15) is 12.5 Å². The van der Waals surface area contributed by atoms with Crippen LogP contribution in [-0.2, 0) is 6.54 Å². The van der Waals surface area contributed by atoms with Gasteiger partial charge in [0.25, 0.3) is 0 Å². The highest BCUT2D eigenvalue weighted by molar-refractivity contribution is 9.10. The lowest BCUT2D eigenvalue weighted by Gasteiger charge is -2.20. The molecule has 1 atom stereocenters. The monoisotopic (exact) mass is 291 g/mol. The van der Waals surface area contributed by atoms with E-state index >= 15 is 0 Å². The van der Waals surface area contributed by atoms with Crippen molar-refractivity contribution in [2.45, 2.75) is 19.1 Å². The minimum atomic E-state index is -1.17. The van der Waals surface area contributed by atoms with Gasteiger partial charge in [-0.05, 0) is 19.1 Å². The van der Waals surface area contributed by atoms with E-state index in [2.05, 4.69) is 21.2 Å². The second-order valence-corrected chi connectivity index (χ2v) is 4.91. The van der Waals surface area contributed by atoms with E-state index in [4.69, 9.17) is 5.11 Å². The van der Waals surface area contributed by atoms with Crippen LogP contribution in [0, 0.1) is 5.82 Å². The van der Waals surface area contributed by atoms with Gasteiger partial charge in [-0.1, -0.05) is 22.0 Å². The van der Waals surface area contributed by atoms with Gasteiger partial charge in [0, 0.05) is 23.1 Å². The number of aliphatic hydroxyl groups is 2. The molecular formula is C11H15BrFNO2. The molecule has 1 unspecified atom stereocenters. The first kappa shape index (κ1) is 13.6. The average Bonchev–Trinajstić information content (AvgIpc) is 2.21. The third kappa shape index (κ3) is 4.17. The largest absolute Gasteiger partial charge is 0.393 e. The van der Waals surface area contributed by atoms with Gasteiger partial charge < -0.3 is 15.5 Å². The lowest BCUT2D eigenvalue weighted by Crippen LogP contribution is -2.40. The summed E-state index contributed by atoms with van der Waals surface area (Å²) in [5.41, 5.74) is -0.650. The van der Waals surface area contributed by atoms with Crippen molar-refractivity contribution in [1.29, 1.82) is 0 Å².